The molecule has 0 aromatic heterocycles. The number of aliphatic hydroxyl groups is 1. The van der Waals surface area contributed by atoms with Gasteiger partial charge in [-0.15, -0.1) is 0 Å². The standard InChI is InChI=1S/C33H55N3O6.C8H15ClN2O3/c1-10-22(4)30(35(7)28(37)19-21(2)3)27(41-8)20-29(38)36-18-14-17-26(36)32(42-9)23(5)33(40)34-24(6)31(39)25-15-12-11-13-16-25;1-5(2)6(7(10)12)11(3)8(13)14-4-9/h11-13,15-16,21-24,26-27,30-32,39H,10,14,17-20H2,1-9H3,(H,34,40);5-6H,4H2,1-3H3,(H2,10,12). The number of ether oxygens (including phenoxy) is 3. The van der Waals surface area contributed by atoms with Crippen LogP contribution in [0.2, 0.25) is 0 Å². The molecular weight excluding hydrogens is 742 g/mol. The van der Waals surface area contributed by atoms with Gasteiger partial charge in [0.05, 0.1) is 48.8 Å². The van der Waals surface area contributed by atoms with Gasteiger partial charge in [0.15, 0.2) is 6.07 Å². The first-order chi connectivity index (χ1) is 26.3. The van der Waals surface area contributed by atoms with E-state index < -0.39 is 48.3 Å². The van der Waals surface area contributed by atoms with Crippen molar-refractivity contribution in [3.63, 3.8) is 0 Å². The Labute approximate surface area is 340 Å². The molecule has 1 saturated heterocycles. The van der Waals surface area contributed by atoms with Crippen molar-refractivity contribution in [3.8, 4) is 0 Å². The van der Waals surface area contributed by atoms with Crippen LogP contribution in [0.15, 0.2) is 30.3 Å². The summed E-state index contributed by atoms with van der Waals surface area (Å²) in [4.78, 5) is 67.1. The molecule has 1 aromatic carbocycles. The number of methoxy groups -OCH3 is 2. The third-order valence-electron chi connectivity index (χ3n) is 10.7. The molecule has 14 nitrogen and oxygen atoms in total. The van der Waals surface area contributed by atoms with Gasteiger partial charge < -0.3 is 40.2 Å². The highest BCUT2D eigenvalue weighted by atomic mass is 35.5. The molecule has 1 fully saturated rings. The third kappa shape index (κ3) is 14.8. The number of likely N-dealkylation sites (N-methyl/N-ethyl adjacent to an activating group) is 2. The topological polar surface area (TPSA) is 181 Å². The van der Waals surface area contributed by atoms with E-state index >= 15 is 0 Å². The highest BCUT2D eigenvalue weighted by Gasteiger charge is 2.42. The molecule has 320 valence electrons. The van der Waals surface area contributed by atoms with Gasteiger partial charge in [-0.25, -0.2) is 4.79 Å². The minimum Gasteiger partial charge on any atom is -0.433 e. The number of alkyl halides is 1. The van der Waals surface area contributed by atoms with Gasteiger partial charge >= 0.3 is 6.09 Å². The lowest BCUT2D eigenvalue weighted by Gasteiger charge is -2.39. The van der Waals surface area contributed by atoms with Crippen molar-refractivity contribution >= 4 is 41.3 Å². The fraction of sp³-hybridized carbons (Fsp3) is 0.732. The summed E-state index contributed by atoms with van der Waals surface area (Å²) in [6.07, 6.45) is 0.490. The second-order valence-electron chi connectivity index (χ2n) is 15.6. The number of primary amides is 1. The SMILES string of the molecule is CC(C)C(C(N)=O)N(C)C(=O)OCCl.CCC(C)C(C(CC(=O)N1CCCC1C(OC)C(C)C(=O)NC(C)C(O)c1ccccc1)OC)N(C)C(=O)CC(C)C. The summed E-state index contributed by atoms with van der Waals surface area (Å²) in [5.74, 6) is -1.05. The number of rotatable bonds is 20. The van der Waals surface area contributed by atoms with E-state index in [1.807, 2.05) is 56.1 Å². The van der Waals surface area contributed by atoms with Crippen LogP contribution in [0.5, 0.6) is 0 Å². The smallest absolute Gasteiger partial charge is 0.411 e. The fourth-order valence-corrected chi connectivity index (χ4v) is 7.51. The number of benzene rings is 1. The van der Waals surface area contributed by atoms with Crippen LogP contribution in [0, 0.1) is 23.7 Å². The van der Waals surface area contributed by atoms with Gasteiger partial charge in [0.1, 0.15) is 6.04 Å². The molecule has 0 bridgehead atoms. The van der Waals surface area contributed by atoms with Crippen molar-refractivity contribution in [3.05, 3.63) is 35.9 Å². The van der Waals surface area contributed by atoms with Crippen LogP contribution in [0.1, 0.15) is 99.2 Å². The number of carbonyl (C=O) groups excluding carboxylic acids is 5. The Morgan fingerprint density at radius 1 is 0.964 bits per heavy atom. The molecule has 9 unspecified atom stereocenters. The van der Waals surface area contributed by atoms with E-state index in [4.69, 9.17) is 26.8 Å². The van der Waals surface area contributed by atoms with E-state index in [2.05, 4.69) is 23.9 Å². The van der Waals surface area contributed by atoms with Crippen molar-refractivity contribution in [2.24, 2.45) is 29.4 Å². The predicted molar refractivity (Wildman–Crippen MR) is 217 cm³/mol. The maximum atomic E-state index is 13.8. The second kappa shape index (κ2) is 25.0. The lowest BCUT2D eigenvalue weighted by Crippen LogP contribution is -2.53. The number of likely N-dealkylation sites (tertiary alicyclic amines) is 1. The average Bonchev–Trinajstić information content (AvgIpc) is 3.64. The van der Waals surface area contributed by atoms with E-state index in [1.165, 1.54) is 7.05 Å². The van der Waals surface area contributed by atoms with Crippen molar-refractivity contribution in [1.29, 1.82) is 0 Å². The summed E-state index contributed by atoms with van der Waals surface area (Å²) in [5, 5.41) is 13.7. The monoisotopic (exact) mass is 811 g/mol. The number of aliphatic hydroxyl groups excluding tert-OH is 1. The van der Waals surface area contributed by atoms with Crippen LogP contribution in [0.25, 0.3) is 0 Å². The number of amides is 5. The zero-order chi connectivity index (χ0) is 42.9. The first-order valence-electron chi connectivity index (χ1n) is 19.7. The summed E-state index contributed by atoms with van der Waals surface area (Å²) >= 11 is 5.22. The van der Waals surface area contributed by atoms with Crippen molar-refractivity contribution in [1.82, 2.24) is 20.0 Å². The Morgan fingerprint density at radius 3 is 2.05 bits per heavy atom. The van der Waals surface area contributed by atoms with E-state index in [0.29, 0.717) is 13.0 Å². The van der Waals surface area contributed by atoms with Crippen molar-refractivity contribution in [2.45, 2.75) is 130 Å². The number of nitrogens with two attached hydrogens (primary N) is 1. The van der Waals surface area contributed by atoms with Gasteiger partial charge in [-0.2, -0.15) is 0 Å². The van der Waals surface area contributed by atoms with Crippen LogP contribution >= 0.6 is 11.6 Å². The predicted octanol–water partition coefficient (Wildman–Crippen LogP) is 4.95. The van der Waals surface area contributed by atoms with Crippen LogP contribution in [0.3, 0.4) is 0 Å². The summed E-state index contributed by atoms with van der Waals surface area (Å²) < 4.78 is 16.3. The molecule has 1 aliphatic rings. The summed E-state index contributed by atoms with van der Waals surface area (Å²) in [6.45, 7) is 16.0. The largest absolute Gasteiger partial charge is 0.433 e. The Kier molecular flexibility index (Phi) is 22.6. The Morgan fingerprint density at radius 2 is 1.57 bits per heavy atom. The molecule has 1 aromatic rings. The number of nitrogens with zero attached hydrogens (tertiary/aromatic N) is 3. The highest BCUT2D eigenvalue weighted by Crippen LogP contribution is 2.30. The number of carbonyl (C=O) groups is 5. The Bertz CT molecular complexity index is 1370. The number of halogens is 1. The minimum absolute atomic E-state index is 0.0507. The highest BCUT2D eigenvalue weighted by molar-refractivity contribution is 6.17. The molecule has 9 atom stereocenters. The molecule has 0 spiro atoms. The van der Waals surface area contributed by atoms with Gasteiger partial charge in [0.25, 0.3) is 0 Å². The minimum atomic E-state index is -0.845. The molecule has 0 radical (unpaired) electrons. The Hall–Kier alpha value is -3.46. The zero-order valence-electron chi connectivity index (χ0n) is 35.7. The molecule has 4 N–H and O–H groups in total. The quantitative estimate of drug-likeness (QED) is 0.154. The van der Waals surface area contributed by atoms with Crippen LogP contribution < -0.4 is 11.1 Å². The fourth-order valence-electron chi connectivity index (χ4n) is 7.42. The maximum Gasteiger partial charge on any atom is 0.411 e. The molecule has 56 heavy (non-hydrogen) atoms. The average molecular weight is 812 g/mol. The van der Waals surface area contributed by atoms with Gasteiger partial charge in [0.2, 0.25) is 23.6 Å². The van der Waals surface area contributed by atoms with E-state index in [9.17, 15) is 29.1 Å². The van der Waals surface area contributed by atoms with E-state index in [0.717, 1.165) is 29.7 Å². The van der Waals surface area contributed by atoms with Crippen LogP contribution in [0.4, 0.5) is 4.79 Å². The summed E-state index contributed by atoms with van der Waals surface area (Å²) in [5.41, 5.74) is 5.88. The Balaban J connectivity index is 0.000000947. The lowest BCUT2D eigenvalue weighted by molar-refractivity contribution is -0.146. The van der Waals surface area contributed by atoms with E-state index in [-0.39, 0.29) is 60.0 Å². The third-order valence-corrected chi connectivity index (χ3v) is 10.8. The molecule has 1 aliphatic heterocycles. The lowest BCUT2D eigenvalue weighted by atomic mass is 9.90. The molecule has 5 amide bonds. The van der Waals surface area contributed by atoms with Crippen molar-refractivity contribution in [2.75, 3.05) is 40.9 Å². The summed E-state index contributed by atoms with van der Waals surface area (Å²) in [6, 6.07) is 7.31. The molecule has 1 heterocycles. The first kappa shape index (κ1) is 50.6. The molecule has 2 rings (SSSR count). The van der Waals surface area contributed by atoms with E-state index in [1.54, 1.807) is 46.8 Å². The van der Waals surface area contributed by atoms with Gasteiger partial charge in [-0.3, -0.25) is 24.1 Å². The molecule has 0 aliphatic carbocycles. The van der Waals surface area contributed by atoms with Gasteiger partial charge in [0, 0.05) is 41.3 Å². The van der Waals surface area contributed by atoms with Crippen LogP contribution in [-0.2, 0) is 33.4 Å². The second-order valence-corrected chi connectivity index (χ2v) is 15.8. The molecule has 15 heteroatoms. The zero-order valence-corrected chi connectivity index (χ0v) is 36.5. The number of nitrogens with one attached hydrogen (secondary N) is 1. The molecular formula is C41H70ClN5O9. The van der Waals surface area contributed by atoms with Crippen LogP contribution in [-0.4, -0.2) is 127 Å². The normalized spacial score (nSPS) is 18.4. The first-order valence-corrected chi connectivity index (χ1v) is 20.2. The van der Waals surface area contributed by atoms with Gasteiger partial charge in [-0.05, 0) is 43.1 Å². The summed E-state index contributed by atoms with van der Waals surface area (Å²) in [7, 11) is 6.44. The number of hydrogen-bond acceptors (Lipinski definition) is 9. The number of hydrogen-bond donors (Lipinski definition) is 3. The van der Waals surface area contributed by atoms with Gasteiger partial charge in [-0.1, -0.05) is 96.8 Å². The maximum absolute atomic E-state index is 13.8. The van der Waals surface area contributed by atoms with Crippen molar-refractivity contribution < 1.29 is 43.3 Å². The molecule has 0 saturated carbocycles.